The molecule has 1 amide bonds. The fourth-order valence-corrected chi connectivity index (χ4v) is 1.87. The molecule has 4 heteroatoms. The molecule has 2 aromatic carbocycles. The summed E-state index contributed by atoms with van der Waals surface area (Å²) < 4.78 is 0. The van der Waals surface area contributed by atoms with Gasteiger partial charge >= 0.3 is 0 Å². The molecule has 3 rings (SSSR count). The van der Waals surface area contributed by atoms with Crippen LogP contribution in [0.25, 0.3) is 10.9 Å². The number of carbonyl (C=O) groups excluding carboxylic acids is 1. The zero-order chi connectivity index (χ0) is 13.8. The van der Waals surface area contributed by atoms with Gasteiger partial charge in [0.15, 0.2) is 5.75 Å². The maximum atomic E-state index is 11.8. The zero-order valence-electron chi connectivity index (χ0n) is 10.6. The van der Waals surface area contributed by atoms with Gasteiger partial charge in [-0.2, -0.15) is 5.48 Å². The van der Waals surface area contributed by atoms with Crippen molar-refractivity contribution in [3.63, 3.8) is 0 Å². The molecule has 1 N–H and O–H groups in total. The van der Waals surface area contributed by atoms with Crippen LogP contribution in [0.15, 0.2) is 66.9 Å². The van der Waals surface area contributed by atoms with E-state index < -0.39 is 0 Å². The van der Waals surface area contributed by atoms with Gasteiger partial charge in [0.2, 0.25) is 0 Å². The van der Waals surface area contributed by atoms with Gasteiger partial charge < -0.3 is 4.84 Å². The van der Waals surface area contributed by atoms with Gasteiger partial charge in [-0.25, -0.2) is 0 Å². The van der Waals surface area contributed by atoms with Gasteiger partial charge in [-0.1, -0.05) is 24.3 Å². The van der Waals surface area contributed by atoms with Crippen molar-refractivity contribution in [3.8, 4) is 5.75 Å². The maximum absolute atomic E-state index is 11.8. The van der Waals surface area contributed by atoms with Crippen LogP contribution in [0.3, 0.4) is 0 Å². The Kier molecular flexibility index (Phi) is 3.29. The summed E-state index contributed by atoms with van der Waals surface area (Å²) in [6.07, 6.45) is 1.74. The lowest BCUT2D eigenvalue weighted by Gasteiger charge is -2.07. The fraction of sp³-hybridized carbons (Fsp3) is 0. The number of hydrogen-bond acceptors (Lipinski definition) is 3. The van der Waals surface area contributed by atoms with E-state index in [1.165, 1.54) is 0 Å². The molecule has 0 aliphatic heterocycles. The summed E-state index contributed by atoms with van der Waals surface area (Å²) in [6.45, 7) is 0. The van der Waals surface area contributed by atoms with E-state index in [1.54, 1.807) is 36.5 Å². The number of nitrogens with zero attached hydrogens (tertiary/aromatic N) is 1. The average molecular weight is 264 g/mol. The van der Waals surface area contributed by atoms with Gasteiger partial charge in [0.25, 0.3) is 5.91 Å². The molecule has 20 heavy (non-hydrogen) atoms. The average Bonchev–Trinajstić information content (AvgIpc) is 2.53. The largest absolute Gasteiger partial charge is 0.379 e. The normalized spacial score (nSPS) is 10.2. The Labute approximate surface area is 116 Å². The first-order valence-electron chi connectivity index (χ1n) is 6.20. The van der Waals surface area contributed by atoms with Gasteiger partial charge in [-0.15, -0.1) is 0 Å². The third kappa shape index (κ3) is 2.59. The number of benzene rings is 2. The Hall–Kier alpha value is -2.88. The topological polar surface area (TPSA) is 51.2 Å². The minimum atomic E-state index is -0.281. The summed E-state index contributed by atoms with van der Waals surface area (Å²) in [7, 11) is 0. The van der Waals surface area contributed by atoms with E-state index in [2.05, 4.69) is 10.5 Å². The first-order chi connectivity index (χ1) is 9.83. The van der Waals surface area contributed by atoms with Crippen LogP contribution in [0.1, 0.15) is 10.4 Å². The number of amides is 1. The zero-order valence-corrected chi connectivity index (χ0v) is 10.6. The molecule has 1 aromatic heterocycles. The molecule has 0 aliphatic carbocycles. The number of carbonyl (C=O) groups is 1. The molecule has 0 spiro atoms. The summed E-state index contributed by atoms with van der Waals surface area (Å²) in [5, 5.41) is 0.957. The molecule has 0 aliphatic rings. The second kappa shape index (κ2) is 5.40. The number of rotatable bonds is 3. The number of pyridine rings is 1. The number of fused-ring (bicyclic) bond motifs is 1. The fourth-order valence-electron chi connectivity index (χ4n) is 1.87. The lowest BCUT2D eigenvalue weighted by Crippen LogP contribution is -2.26. The molecule has 0 saturated heterocycles. The molecular formula is C16H12N2O2. The van der Waals surface area contributed by atoms with Crippen molar-refractivity contribution in [1.29, 1.82) is 0 Å². The van der Waals surface area contributed by atoms with E-state index >= 15 is 0 Å². The van der Waals surface area contributed by atoms with Crippen molar-refractivity contribution in [1.82, 2.24) is 10.5 Å². The number of hydroxylamine groups is 1. The smallest absolute Gasteiger partial charge is 0.283 e. The summed E-state index contributed by atoms with van der Waals surface area (Å²) in [5.74, 6) is 0.284. The number of aromatic nitrogens is 1. The molecule has 3 aromatic rings. The first-order valence-corrected chi connectivity index (χ1v) is 6.20. The summed E-state index contributed by atoms with van der Waals surface area (Å²) in [5.41, 5.74) is 3.86. The van der Waals surface area contributed by atoms with Crippen LogP contribution in [0, 0.1) is 0 Å². The number of nitrogens with one attached hydrogen (secondary N) is 1. The second-order valence-corrected chi connectivity index (χ2v) is 4.26. The highest BCUT2D eigenvalue weighted by molar-refractivity contribution is 5.93. The van der Waals surface area contributed by atoms with E-state index in [1.807, 2.05) is 30.3 Å². The molecule has 0 atom stereocenters. The molecule has 0 radical (unpaired) electrons. The van der Waals surface area contributed by atoms with Gasteiger partial charge in [0.1, 0.15) is 0 Å². The van der Waals surface area contributed by atoms with E-state index in [0.29, 0.717) is 11.3 Å². The predicted molar refractivity (Wildman–Crippen MR) is 76.3 cm³/mol. The van der Waals surface area contributed by atoms with Gasteiger partial charge in [-0.3, -0.25) is 9.78 Å². The Balaban J connectivity index is 1.72. The van der Waals surface area contributed by atoms with Crippen molar-refractivity contribution < 1.29 is 9.63 Å². The SMILES string of the molecule is O=C(NOc1ccc2ncccc2c1)c1ccccc1. The van der Waals surface area contributed by atoms with Crippen molar-refractivity contribution in [2.75, 3.05) is 0 Å². The third-order valence-corrected chi connectivity index (χ3v) is 2.87. The minimum absolute atomic E-state index is 0.281. The van der Waals surface area contributed by atoms with Crippen molar-refractivity contribution in [3.05, 3.63) is 72.4 Å². The minimum Gasteiger partial charge on any atom is -0.379 e. The van der Waals surface area contributed by atoms with Crippen LogP contribution in [0.4, 0.5) is 0 Å². The van der Waals surface area contributed by atoms with Crippen LogP contribution in [0.5, 0.6) is 5.75 Å². The highest BCUT2D eigenvalue weighted by Crippen LogP contribution is 2.18. The van der Waals surface area contributed by atoms with Crippen molar-refractivity contribution in [2.24, 2.45) is 0 Å². The van der Waals surface area contributed by atoms with Crippen LogP contribution >= 0.6 is 0 Å². The van der Waals surface area contributed by atoms with Gasteiger partial charge in [-0.05, 0) is 36.4 Å². The van der Waals surface area contributed by atoms with E-state index in [4.69, 9.17) is 4.84 Å². The Morgan fingerprint density at radius 2 is 1.85 bits per heavy atom. The van der Waals surface area contributed by atoms with Crippen LogP contribution in [-0.2, 0) is 0 Å². The second-order valence-electron chi connectivity index (χ2n) is 4.26. The van der Waals surface area contributed by atoms with Gasteiger partial charge in [0, 0.05) is 17.1 Å². The first kappa shape index (κ1) is 12.2. The van der Waals surface area contributed by atoms with E-state index in [0.717, 1.165) is 10.9 Å². The molecule has 98 valence electrons. The monoisotopic (exact) mass is 264 g/mol. The standard InChI is InChI=1S/C16H12N2O2/c19-16(12-5-2-1-3-6-12)18-20-14-8-9-15-13(11-14)7-4-10-17-15/h1-11H,(H,18,19). The third-order valence-electron chi connectivity index (χ3n) is 2.87. The summed E-state index contributed by atoms with van der Waals surface area (Å²) in [4.78, 5) is 21.4. The maximum Gasteiger partial charge on any atom is 0.283 e. The molecule has 0 fully saturated rings. The predicted octanol–water partition coefficient (Wildman–Crippen LogP) is 2.96. The Morgan fingerprint density at radius 1 is 1.00 bits per heavy atom. The highest BCUT2D eigenvalue weighted by Gasteiger charge is 2.05. The Bertz CT molecular complexity index is 742. The van der Waals surface area contributed by atoms with Crippen molar-refractivity contribution in [2.45, 2.75) is 0 Å². The lowest BCUT2D eigenvalue weighted by molar-refractivity contribution is 0.0760. The van der Waals surface area contributed by atoms with Crippen LogP contribution in [-0.4, -0.2) is 10.9 Å². The molecule has 0 saturated carbocycles. The molecule has 4 nitrogen and oxygen atoms in total. The molecular weight excluding hydrogens is 252 g/mol. The van der Waals surface area contributed by atoms with Crippen LogP contribution < -0.4 is 10.3 Å². The van der Waals surface area contributed by atoms with E-state index in [9.17, 15) is 4.79 Å². The highest BCUT2D eigenvalue weighted by atomic mass is 16.7. The molecule has 0 bridgehead atoms. The summed E-state index contributed by atoms with van der Waals surface area (Å²) in [6, 6.07) is 18.1. The lowest BCUT2D eigenvalue weighted by atomic mass is 10.2. The number of hydrogen-bond donors (Lipinski definition) is 1. The Morgan fingerprint density at radius 3 is 2.70 bits per heavy atom. The van der Waals surface area contributed by atoms with E-state index in [-0.39, 0.29) is 5.91 Å². The van der Waals surface area contributed by atoms with Crippen LogP contribution in [0.2, 0.25) is 0 Å². The van der Waals surface area contributed by atoms with Crippen molar-refractivity contribution >= 4 is 16.8 Å². The quantitative estimate of drug-likeness (QED) is 0.740. The molecule has 0 unspecified atom stereocenters. The summed E-state index contributed by atoms with van der Waals surface area (Å²) >= 11 is 0. The van der Waals surface area contributed by atoms with Gasteiger partial charge in [0.05, 0.1) is 5.52 Å². The molecule has 1 heterocycles.